The Balaban J connectivity index is 1.75. The van der Waals surface area contributed by atoms with E-state index < -0.39 is 18.5 Å². The second kappa shape index (κ2) is 8.34. The normalized spacial score (nSPS) is 10.4. The molecule has 0 spiro atoms. The number of fused-ring (bicyclic) bond motifs is 1. The van der Waals surface area contributed by atoms with Crippen molar-refractivity contribution in [2.45, 2.75) is 5.22 Å². The zero-order valence-electron chi connectivity index (χ0n) is 13.3. The number of nitrogens with zero attached hydrogens (tertiary/aromatic N) is 2. The molecule has 0 atom stereocenters. The quantitative estimate of drug-likeness (QED) is 0.578. The number of carbonyl (C=O) groups excluding carboxylic acids is 3. The largest absolute Gasteiger partial charge is 0.455 e. The monoisotopic (exact) mass is 351 g/mol. The smallest absolute Gasteiger partial charge is 0.316 e. The Morgan fingerprint density at radius 3 is 2.79 bits per heavy atom. The number of benzene rings is 1. The fourth-order valence-corrected chi connectivity index (χ4v) is 2.35. The lowest BCUT2D eigenvalue weighted by Crippen LogP contribution is -2.39. The molecule has 0 saturated heterocycles. The molecule has 2 rings (SSSR count). The van der Waals surface area contributed by atoms with Gasteiger partial charge in [-0.3, -0.25) is 14.4 Å². The predicted octanol–water partition coefficient (Wildman–Crippen LogP) is 0.668. The van der Waals surface area contributed by atoms with Crippen LogP contribution in [0.5, 0.6) is 0 Å². The molecule has 0 bridgehead atoms. The molecule has 0 fully saturated rings. The summed E-state index contributed by atoms with van der Waals surface area (Å²) in [6, 6.07) is 7.26. The van der Waals surface area contributed by atoms with Crippen molar-refractivity contribution in [1.82, 2.24) is 15.2 Å². The summed E-state index contributed by atoms with van der Waals surface area (Å²) in [6.45, 7) is -0.509. The molecule has 2 aromatic rings. The molecule has 1 aromatic carbocycles. The fraction of sp³-hybridized carbons (Fsp3) is 0.333. The van der Waals surface area contributed by atoms with Gasteiger partial charge in [0.2, 0.25) is 5.91 Å². The predicted molar refractivity (Wildman–Crippen MR) is 87.4 cm³/mol. The summed E-state index contributed by atoms with van der Waals surface area (Å²) in [5.74, 6) is -1.36. The highest BCUT2D eigenvalue weighted by Crippen LogP contribution is 2.22. The van der Waals surface area contributed by atoms with Gasteiger partial charge in [-0.25, -0.2) is 4.98 Å². The van der Waals surface area contributed by atoms with E-state index in [9.17, 15) is 14.4 Å². The molecule has 8 nitrogen and oxygen atoms in total. The number of thioether (sulfide) groups is 1. The van der Waals surface area contributed by atoms with Crippen molar-refractivity contribution in [3.8, 4) is 0 Å². The molecule has 0 aliphatic carbocycles. The number of oxazole rings is 1. The van der Waals surface area contributed by atoms with Gasteiger partial charge in [0.25, 0.3) is 11.1 Å². The maximum Gasteiger partial charge on any atom is 0.316 e. The van der Waals surface area contributed by atoms with Crippen molar-refractivity contribution in [3.05, 3.63) is 24.3 Å². The van der Waals surface area contributed by atoms with Gasteiger partial charge in [0, 0.05) is 14.1 Å². The van der Waals surface area contributed by atoms with E-state index in [-0.39, 0.29) is 18.2 Å². The van der Waals surface area contributed by atoms with Gasteiger partial charge >= 0.3 is 5.97 Å². The minimum Gasteiger partial charge on any atom is -0.455 e. The first kappa shape index (κ1) is 17.8. The minimum absolute atomic E-state index is 0.0285. The number of ether oxygens (including phenoxy) is 1. The van der Waals surface area contributed by atoms with Crippen molar-refractivity contribution in [2.75, 3.05) is 33.0 Å². The first-order valence-corrected chi connectivity index (χ1v) is 8.06. The summed E-state index contributed by atoms with van der Waals surface area (Å²) >= 11 is 1.09. The van der Waals surface area contributed by atoms with E-state index >= 15 is 0 Å². The second-order valence-electron chi connectivity index (χ2n) is 4.82. The van der Waals surface area contributed by atoms with E-state index in [1.807, 2.05) is 18.2 Å². The lowest BCUT2D eigenvalue weighted by molar-refractivity contribution is -0.149. The van der Waals surface area contributed by atoms with Crippen LogP contribution in [0.1, 0.15) is 0 Å². The minimum atomic E-state index is -0.566. The van der Waals surface area contributed by atoms with Gasteiger partial charge in [0.1, 0.15) is 11.3 Å². The average molecular weight is 351 g/mol. The molecule has 0 radical (unpaired) electrons. The van der Waals surface area contributed by atoms with Gasteiger partial charge in [0.05, 0.1) is 6.54 Å². The Labute approximate surface area is 142 Å². The Morgan fingerprint density at radius 2 is 2.08 bits per heavy atom. The topological polar surface area (TPSA) is 102 Å². The summed E-state index contributed by atoms with van der Waals surface area (Å²) in [7, 11) is 2.93. The number of esters is 1. The van der Waals surface area contributed by atoms with Crippen LogP contribution < -0.4 is 5.32 Å². The van der Waals surface area contributed by atoms with Crippen molar-refractivity contribution >= 4 is 40.6 Å². The highest BCUT2D eigenvalue weighted by Gasteiger charge is 2.15. The van der Waals surface area contributed by atoms with Crippen molar-refractivity contribution < 1.29 is 23.5 Å². The van der Waals surface area contributed by atoms with E-state index in [0.29, 0.717) is 16.3 Å². The van der Waals surface area contributed by atoms with Gasteiger partial charge in [0.15, 0.2) is 12.2 Å². The third kappa shape index (κ3) is 4.98. The van der Waals surface area contributed by atoms with Crippen LogP contribution in [0.3, 0.4) is 0 Å². The van der Waals surface area contributed by atoms with Crippen molar-refractivity contribution in [3.63, 3.8) is 0 Å². The molecule has 0 unspecified atom stereocenters. The number of amides is 2. The maximum absolute atomic E-state index is 11.7. The first-order chi connectivity index (χ1) is 11.5. The number of nitrogens with one attached hydrogen (secondary N) is 1. The van der Waals surface area contributed by atoms with E-state index in [1.165, 1.54) is 19.0 Å². The molecular formula is C15H17N3O5S. The van der Waals surface area contributed by atoms with Crippen LogP contribution in [0.2, 0.25) is 0 Å². The van der Waals surface area contributed by atoms with Crippen LogP contribution in [0.15, 0.2) is 33.9 Å². The van der Waals surface area contributed by atoms with Crippen LogP contribution in [-0.4, -0.2) is 60.7 Å². The molecule has 1 aromatic heterocycles. The molecule has 0 aliphatic heterocycles. The number of para-hydroxylation sites is 2. The molecule has 1 heterocycles. The molecule has 0 saturated carbocycles. The Morgan fingerprint density at radius 1 is 1.33 bits per heavy atom. The molecule has 24 heavy (non-hydrogen) atoms. The van der Waals surface area contributed by atoms with Crippen LogP contribution in [0, 0.1) is 0 Å². The SMILES string of the molecule is CNC(=O)CN(C)C(=O)COC(=O)CSc1nc2ccccc2o1. The van der Waals surface area contributed by atoms with Gasteiger partial charge in [-0.15, -0.1) is 0 Å². The average Bonchev–Trinajstić information content (AvgIpc) is 3.00. The molecule has 0 aliphatic rings. The summed E-state index contributed by atoms with van der Waals surface area (Å²) in [4.78, 5) is 40.0. The zero-order valence-corrected chi connectivity index (χ0v) is 14.1. The van der Waals surface area contributed by atoms with E-state index in [0.717, 1.165) is 11.8 Å². The van der Waals surface area contributed by atoms with E-state index in [4.69, 9.17) is 9.15 Å². The number of likely N-dealkylation sites (N-methyl/N-ethyl adjacent to an activating group) is 2. The van der Waals surface area contributed by atoms with Gasteiger partial charge in [-0.05, 0) is 12.1 Å². The van der Waals surface area contributed by atoms with E-state index in [2.05, 4.69) is 10.3 Å². The van der Waals surface area contributed by atoms with Gasteiger partial charge in [-0.2, -0.15) is 0 Å². The van der Waals surface area contributed by atoms with Gasteiger partial charge < -0.3 is 19.4 Å². The maximum atomic E-state index is 11.7. The summed E-state index contributed by atoms with van der Waals surface area (Å²) in [5.41, 5.74) is 1.35. The first-order valence-electron chi connectivity index (χ1n) is 7.08. The van der Waals surface area contributed by atoms with Crippen molar-refractivity contribution in [1.29, 1.82) is 0 Å². The van der Waals surface area contributed by atoms with Gasteiger partial charge in [-0.1, -0.05) is 23.9 Å². The number of hydrogen-bond donors (Lipinski definition) is 1. The summed E-state index contributed by atoms with van der Waals surface area (Å²) < 4.78 is 10.3. The van der Waals surface area contributed by atoms with Crippen LogP contribution in [0.25, 0.3) is 11.1 Å². The molecule has 1 N–H and O–H groups in total. The Hall–Kier alpha value is -2.55. The van der Waals surface area contributed by atoms with Crippen LogP contribution >= 0.6 is 11.8 Å². The molecular weight excluding hydrogens is 334 g/mol. The standard InChI is InChI=1S/C15H17N3O5S/c1-16-12(19)7-18(2)13(20)8-22-14(21)9-24-15-17-10-5-3-4-6-11(10)23-15/h3-6H,7-9H2,1-2H3,(H,16,19). The zero-order chi connectivity index (χ0) is 17.5. The number of hydrogen-bond acceptors (Lipinski definition) is 7. The summed E-state index contributed by atoms with van der Waals surface area (Å²) in [6.07, 6.45) is 0. The Kier molecular flexibility index (Phi) is 6.19. The van der Waals surface area contributed by atoms with Crippen LogP contribution in [-0.2, 0) is 19.1 Å². The Bertz CT molecular complexity index is 713. The fourth-order valence-electron chi connectivity index (χ4n) is 1.71. The number of rotatable bonds is 7. The molecule has 2 amide bonds. The number of aromatic nitrogens is 1. The van der Waals surface area contributed by atoms with Crippen LogP contribution in [0.4, 0.5) is 0 Å². The van der Waals surface area contributed by atoms with E-state index in [1.54, 1.807) is 6.07 Å². The highest BCUT2D eigenvalue weighted by molar-refractivity contribution is 7.99. The number of carbonyl (C=O) groups is 3. The summed E-state index contributed by atoms with van der Waals surface area (Å²) in [5, 5.41) is 2.76. The third-order valence-corrected chi connectivity index (χ3v) is 3.83. The highest BCUT2D eigenvalue weighted by atomic mass is 32.2. The molecule has 128 valence electrons. The lowest BCUT2D eigenvalue weighted by atomic mass is 10.3. The third-order valence-electron chi connectivity index (χ3n) is 3.03. The second-order valence-corrected chi connectivity index (χ2v) is 5.75. The van der Waals surface area contributed by atoms with Crippen molar-refractivity contribution in [2.24, 2.45) is 0 Å². The lowest BCUT2D eigenvalue weighted by Gasteiger charge is -2.15. The molecule has 9 heteroatoms.